The fourth-order valence-electron chi connectivity index (χ4n) is 1.71. The van der Waals surface area contributed by atoms with Gasteiger partial charge in [0.05, 0.1) is 4.88 Å². The standard InChI is InChI=1S/C12H17N3OS/c1-15-9-10(8-13-5-3-6-16)12(14-15)11-4-2-7-17-11/h2,4,7,9,13,16H,3,5-6,8H2,1H3. The van der Waals surface area contributed by atoms with Crippen LogP contribution < -0.4 is 5.32 Å². The molecule has 2 aromatic rings. The minimum atomic E-state index is 0.234. The van der Waals surface area contributed by atoms with E-state index in [4.69, 9.17) is 5.11 Å². The minimum absolute atomic E-state index is 0.234. The van der Waals surface area contributed by atoms with Crippen LogP contribution in [0.1, 0.15) is 12.0 Å². The van der Waals surface area contributed by atoms with Gasteiger partial charge in [0, 0.05) is 32.0 Å². The molecule has 0 aromatic carbocycles. The maximum absolute atomic E-state index is 8.72. The van der Waals surface area contributed by atoms with Gasteiger partial charge in [0.1, 0.15) is 5.69 Å². The molecule has 2 aromatic heterocycles. The van der Waals surface area contributed by atoms with Gasteiger partial charge in [-0.05, 0) is 24.4 Å². The predicted octanol–water partition coefficient (Wildman–Crippen LogP) is 1.62. The van der Waals surface area contributed by atoms with Gasteiger partial charge in [0.25, 0.3) is 0 Å². The highest BCUT2D eigenvalue weighted by atomic mass is 32.1. The van der Waals surface area contributed by atoms with Crippen molar-refractivity contribution in [1.82, 2.24) is 15.1 Å². The van der Waals surface area contributed by atoms with Crippen LogP contribution in [0.15, 0.2) is 23.7 Å². The van der Waals surface area contributed by atoms with Gasteiger partial charge >= 0.3 is 0 Å². The molecule has 4 nitrogen and oxygen atoms in total. The van der Waals surface area contributed by atoms with E-state index < -0.39 is 0 Å². The molecule has 0 spiro atoms. The van der Waals surface area contributed by atoms with Crippen LogP contribution in [0.5, 0.6) is 0 Å². The van der Waals surface area contributed by atoms with Gasteiger partial charge in [0.2, 0.25) is 0 Å². The number of aliphatic hydroxyl groups is 1. The Morgan fingerprint density at radius 1 is 1.53 bits per heavy atom. The number of hydrogen-bond acceptors (Lipinski definition) is 4. The molecule has 0 amide bonds. The normalized spacial score (nSPS) is 10.9. The molecule has 0 aliphatic rings. The van der Waals surface area contributed by atoms with Crippen LogP contribution >= 0.6 is 11.3 Å². The van der Waals surface area contributed by atoms with Crippen molar-refractivity contribution in [3.8, 4) is 10.6 Å². The lowest BCUT2D eigenvalue weighted by Crippen LogP contribution is -2.15. The molecule has 0 unspecified atom stereocenters. The number of thiophene rings is 1. The van der Waals surface area contributed by atoms with Gasteiger partial charge in [-0.1, -0.05) is 6.07 Å². The van der Waals surface area contributed by atoms with E-state index in [-0.39, 0.29) is 6.61 Å². The third-order valence-electron chi connectivity index (χ3n) is 2.49. The van der Waals surface area contributed by atoms with Crippen LogP contribution in [0.3, 0.4) is 0 Å². The first-order chi connectivity index (χ1) is 8.31. The summed E-state index contributed by atoms with van der Waals surface area (Å²) >= 11 is 1.70. The van der Waals surface area contributed by atoms with Crippen LogP contribution in [0.25, 0.3) is 10.6 Å². The van der Waals surface area contributed by atoms with E-state index in [0.717, 1.165) is 25.2 Å². The summed E-state index contributed by atoms with van der Waals surface area (Å²) in [5.41, 5.74) is 2.26. The van der Waals surface area contributed by atoms with Crippen molar-refractivity contribution in [3.63, 3.8) is 0 Å². The van der Waals surface area contributed by atoms with Crippen molar-refractivity contribution in [2.75, 3.05) is 13.2 Å². The number of nitrogens with one attached hydrogen (secondary N) is 1. The molecule has 0 aliphatic heterocycles. The summed E-state index contributed by atoms with van der Waals surface area (Å²) in [6, 6.07) is 4.13. The summed E-state index contributed by atoms with van der Waals surface area (Å²) in [6.45, 7) is 1.86. The topological polar surface area (TPSA) is 50.1 Å². The van der Waals surface area contributed by atoms with E-state index in [9.17, 15) is 0 Å². The number of hydrogen-bond donors (Lipinski definition) is 2. The average molecular weight is 251 g/mol. The summed E-state index contributed by atoms with van der Waals surface area (Å²) in [5.74, 6) is 0. The van der Waals surface area contributed by atoms with Crippen LogP contribution in [0.4, 0.5) is 0 Å². The van der Waals surface area contributed by atoms with Crippen molar-refractivity contribution in [2.24, 2.45) is 7.05 Å². The van der Waals surface area contributed by atoms with Gasteiger partial charge in [0.15, 0.2) is 0 Å². The van der Waals surface area contributed by atoms with Gasteiger partial charge in [-0.25, -0.2) is 0 Å². The Morgan fingerprint density at radius 2 is 2.41 bits per heavy atom. The molecule has 0 saturated carbocycles. The SMILES string of the molecule is Cn1cc(CNCCCO)c(-c2cccs2)n1. The zero-order valence-corrected chi connectivity index (χ0v) is 10.7. The Kier molecular flexibility index (Phi) is 4.30. The Morgan fingerprint density at radius 3 is 3.12 bits per heavy atom. The highest BCUT2D eigenvalue weighted by molar-refractivity contribution is 7.13. The summed E-state index contributed by atoms with van der Waals surface area (Å²) < 4.78 is 1.85. The van der Waals surface area contributed by atoms with Crippen LogP contribution in [0.2, 0.25) is 0 Å². The van der Waals surface area contributed by atoms with Crippen molar-refractivity contribution >= 4 is 11.3 Å². The van der Waals surface area contributed by atoms with Crippen LogP contribution in [0, 0.1) is 0 Å². The Bertz CT molecular complexity index is 450. The molecule has 0 bridgehead atoms. The van der Waals surface area contributed by atoms with Crippen molar-refractivity contribution in [1.29, 1.82) is 0 Å². The quantitative estimate of drug-likeness (QED) is 0.767. The highest BCUT2D eigenvalue weighted by Crippen LogP contribution is 2.26. The van der Waals surface area contributed by atoms with E-state index >= 15 is 0 Å². The largest absolute Gasteiger partial charge is 0.396 e. The third-order valence-corrected chi connectivity index (χ3v) is 3.36. The summed E-state index contributed by atoms with van der Waals surface area (Å²) in [5, 5.41) is 18.6. The first-order valence-corrected chi connectivity index (χ1v) is 6.57. The number of nitrogens with zero attached hydrogens (tertiary/aromatic N) is 2. The fraction of sp³-hybridized carbons (Fsp3) is 0.417. The van der Waals surface area contributed by atoms with Crippen molar-refractivity contribution in [2.45, 2.75) is 13.0 Å². The van der Waals surface area contributed by atoms with Gasteiger partial charge < -0.3 is 10.4 Å². The van der Waals surface area contributed by atoms with Gasteiger partial charge in [-0.2, -0.15) is 5.10 Å². The number of aromatic nitrogens is 2. The lowest BCUT2D eigenvalue weighted by atomic mass is 10.2. The van der Waals surface area contributed by atoms with E-state index in [0.29, 0.717) is 0 Å². The first-order valence-electron chi connectivity index (χ1n) is 5.69. The lowest BCUT2D eigenvalue weighted by Gasteiger charge is -2.02. The fourth-order valence-corrected chi connectivity index (χ4v) is 2.46. The zero-order chi connectivity index (χ0) is 12.1. The summed E-state index contributed by atoms with van der Waals surface area (Å²) in [7, 11) is 1.94. The second-order valence-electron chi connectivity index (χ2n) is 3.91. The molecule has 0 saturated heterocycles. The molecule has 0 aliphatic carbocycles. The number of aryl methyl sites for hydroxylation is 1. The maximum Gasteiger partial charge on any atom is 0.107 e. The average Bonchev–Trinajstić information content (AvgIpc) is 2.93. The molecular formula is C12H17N3OS. The summed E-state index contributed by atoms with van der Waals surface area (Å²) in [6.07, 6.45) is 2.83. The minimum Gasteiger partial charge on any atom is -0.396 e. The number of rotatable bonds is 6. The third kappa shape index (κ3) is 3.15. The predicted molar refractivity (Wildman–Crippen MR) is 69.9 cm³/mol. The monoisotopic (exact) mass is 251 g/mol. The number of aliphatic hydroxyl groups excluding tert-OH is 1. The molecule has 92 valence electrons. The molecule has 5 heteroatoms. The Hall–Kier alpha value is -1.17. The van der Waals surface area contributed by atoms with Crippen LogP contribution in [-0.2, 0) is 13.6 Å². The smallest absolute Gasteiger partial charge is 0.107 e. The molecule has 0 atom stereocenters. The molecule has 0 fully saturated rings. The summed E-state index contributed by atoms with van der Waals surface area (Å²) in [4.78, 5) is 1.20. The van der Waals surface area contributed by atoms with Crippen molar-refractivity contribution in [3.05, 3.63) is 29.3 Å². The molecule has 2 rings (SSSR count). The second-order valence-corrected chi connectivity index (χ2v) is 4.86. The molecule has 2 heterocycles. The molecule has 17 heavy (non-hydrogen) atoms. The maximum atomic E-state index is 8.72. The van der Waals surface area contributed by atoms with Gasteiger partial charge in [-0.15, -0.1) is 11.3 Å². The highest BCUT2D eigenvalue weighted by Gasteiger charge is 2.10. The van der Waals surface area contributed by atoms with Gasteiger partial charge in [-0.3, -0.25) is 4.68 Å². The molecule has 2 N–H and O–H groups in total. The van der Waals surface area contributed by atoms with E-state index in [2.05, 4.69) is 21.9 Å². The lowest BCUT2D eigenvalue weighted by molar-refractivity contribution is 0.286. The van der Waals surface area contributed by atoms with E-state index in [1.807, 2.05) is 24.0 Å². The molecular weight excluding hydrogens is 234 g/mol. The van der Waals surface area contributed by atoms with Crippen LogP contribution in [-0.4, -0.2) is 28.0 Å². The first kappa shape index (κ1) is 12.3. The Balaban J connectivity index is 2.06. The van der Waals surface area contributed by atoms with E-state index in [1.54, 1.807) is 11.3 Å². The van der Waals surface area contributed by atoms with Crippen molar-refractivity contribution < 1.29 is 5.11 Å². The second kappa shape index (κ2) is 5.95. The Labute approximate surface area is 105 Å². The van der Waals surface area contributed by atoms with E-state index in [1.165, 1.54) is 10.4 Å². The molecule has 0 radical (unpaired) electrons. The zero-order valence-electron chi connectivity index (χ0n) is 9.89.